The van der Waals surface area contributed by atoms with Gasteiger partial charge in [-0.05, 0) is 11.6 Å². The van der Waals surface area contributed by atoms with Gasteiger partial charge in [0.1, 0.15) is 6.73 Å². The fourth-order valence-corrected chi connectivity index (χ4v) is 0.680. The molecular formula is C6H11N2ORh+. The molecule has 1 aliphatic rings. The molecule has 0 bridgehead atoms. The summed E-state index contributed by atoms with van der Waals surface area (Å²) >= 11 is 0. The summed E-state index contributed by atoms with van der Waals surface area (Å²) in [5.41, 5.74) is 4.89. The quantitative estimate of drug-likeness (QED) is 0.626. The van der Waals surface area contributed by atoms with E-state index >= 15 is 0 Å². The maximum Gasteiger partial charge on any atom is 2.00 e. The predicted molar refractivity (Wildman–Crippen MR) is 36.5 cm³/mol. The zero-order chi connectivity index (χ0) is 6.69. The van der Waals surface area contributed by atoms with Crippen molar-refractivity contribution in [3.05, 3.63) is 5.48 Å². The molecule has 4 heteroatoms. The molecule has 0 saturated carbocycles. The van der Waals surface area contributed by atoms with Crippen molar-refractivity contribution in [1.29, 1.82) is 0 Å². The van der Waals surface area contributed by atoms with E-state index in [0.29, 0.717) is 19.2 Å². The first-order valence-electron chi connectivity index (χ1n) is 3.12. The van der Waals surface area contributed by atoms with Gasteiger partial charge >= 0.3 is 19.5 Å². The van der Waals surface area contributed by atoms with Crippen LogP contribution in [0.3, 0.4) is 0 Å². The summed E-state index contributed by atoms with van der Waals surface area (Å²) < 4.78 is 0. The van der Waals surface area contributed by atoms with Crippen LogP contribution < -0.4 is 0 Å². The summed E-state index contributed by atoms with van der Waals surface area (Å²) in [5.74, 6) is 0.512. The maximum absolute atomic E-state index is 4.69. The van der Waals surface area contributed by atoms with Crippen LogP contribution >= 0.6 is 0 Å². The summed E-state index contributed by atoms with van der Waals surface area (Å²) in [6, 6.07) is 0. The Morgan fingerprint density at radius 3 is 2.60 bits per heavy atom. The number of hydrogen-bond donors (Lipinski definition) is 0. The molecule has 0 aromatic carbocycles. The van der Waals surface area contributed by atoms with Crippen molar-refractivity contribution in [3.63, 3.8) is 0 Å². The third-order valence-electron chi connectivity index (χ3n) is 1.31. The van der Waals surface area contributed by atoms with Gasteiger partial charge in [-0.3, -0.25) is 4.99 Å². The Balaban J connectivity index is 0.000000810. The first kappa shape index (κ1) is 10.2. The Labute approximate surface area is 74.0 Å². The van der Waals surface area contributed by atoms with Crippen LogP contribution in [0.2, 0.25) is 0 Å². The van der Waals surface area contributed by atoms with Crippen LogP contribution in [0.4, 0.5) is 0 Å². The van der Waals surface area contributed by atoms with Crippen LogP contribution in [-0.2, 0) is 24.3 Å². The Bertz CT molecular complexity index is 125. The molecule has 1 heterocycles. The van der Waals surface area contributed by atoms with E-state index in [-0.39, 0.29) is 19.5 Å². The maximum atomic E-state index is 4.69. The zero-order valence-corrected chi connectivity index (χ0v) is 7.77. The molecule has 3 nitrogen and oxygen atoms in total. The third kappa shape index (κ3) is 2.87. The number of hydroxylamine groups is 1. The van der Waals surface area contributed by atoms with Crippen molar-refractivity contribution in [2.45, 2.75) is 13.8 Å². The fraction of sp³-hybridized carbons (Fsp3) is 0.833. The first-order chi connectivity index (χ1) is 4.30. The average molecular weight is 230 g/mol. The average Bonchev–Trinajstić information content (AvgIpc) is 1.90. The van der Waals surface area contributed by atoms with Gasteiger partial charge in [0, 0.05) is 0 Å². The molecule has 0 spiro atoms. The molecule has 1 aliphatic heterocycles. The smallest absolute Gasteiger partial charge is 0.528 e. The normalized spacial score (nSPS) is 18.1. The monoisotopic (exact) mass is 230 g/mol. The first-order valence-corrected chi connectivity index (χ1v) is 3.12. The van der Waals surface area contributed by atoms with Gasteiger partial charge in [-0.15, -0.1) is 0 Å². The van der Waals surface area contributed by atoms with Crippen LogP contribution in [0, 0.1) is 5.92 Å². The molecule has 1 radical (unpaired) electrons. The summed E-state index contributed by atoms with van der Waals surface area (Å²) in [5, 5.41) is 0. The van der Waals surface area contributed by atoms with Gasteiger partial charge in [-0.2, -0.15) is 0 Å². The minimum Gasteiger partial charge on any atom is -0.528 e. The van der Waals surface area contributed by atoms with Gasteiger partial charge in [0.15, 0.2) is 0 Å². The van der Waals surface area contributed by atoms with E-state index < -0.39 is 0 Å². The van der Waals surface area contributed by atoms with Gasteiger partial charge in [-0.1, -0.05) is 20.4 Å². The molecule has 0 atom stereocenters. The molecular weight excluding hydrogens is 219 g/mol. The second kappa shape index (κ2) is 4.94. The summed E-state index contributed by atoms with van der Waals surface area (Å²) in [6.07, 6.45) is 0. The van der Waals surface area contributed by atoms with E-state index in [1.165, 1.54) is 0 Å². The van der Waals surface area contributed by atoms with E-state index in [1.54, 1.807) is 0 Å². The molecule has 0 unspecified atom stereocenters. The largest absolute Gasteiger partial charge is 2.00 e. The molecule has 0 aromatic rings. The van der Waals surface area contributed by atoms with Gasteiger partial charge in [0.25, 0.3) is 0 Å². The Morgan fingerprint density at radius 1 is 1.60 bits per heavy atom. The minimum atomic E-state index is 0. The summed E-state index contributed by atoms with van der Waals surface area (Å²) in [7, 11) is 0. The van der Waals surface area contributed by atoms with Gasteiger partial charge < -0.3 is 10.3 Å². The van der Waals surface area contributed by atoms with Crippen LogP contribution in [0.1, 0.15) is 13.8 Å². The van der Waals surface area contributed by atoms with E-state index in [9.17, 15) is 0 Å². The Morgan fingerprint density at radius 2 is 2.30 bits per heavy atom. The second-order valence-corrected chi connectivity index (χ2v) is 2.35. The van der Waals surface area contributed by atoms with Crippen LogP contribution in [-0.4, -0.2) is 19.0 Å². The number of rotatable bonds is 1. The molecule has 0 aromatic heterocycles. The van der Waals surface area contributed by atoms with Gasteiger partial charge in [0.05, 0.1) is 0 Å². The van der Waals surface area contributed by atoms with Crippen molar-refractivity contribution in [1.82, 2.24) is 0 Å². The predicted octanol–water partition coefficient (Wildman–Crippen LogP) is 1.36. The summed E-state index contributed by atoms with van der Waals surface area (Å²) in [4.78, 5) is 8.82. The van der Waals surface area contributed by atoms with Crippen LogP contribution in [0.25, 0.3) is 5.48 Å². The molecule has 10 heavy (non-hydrogen) atoms. The molecule has 59 valence electrons. The Hall–Kier alpha value is 0.213. The van der Waals surface area contributed by atoms with Gasteiger partial charge in [-0.25, -0.2) is 0 Å². The zero-order valence-electron chi connectivity index (χ0n) is 6.13. The minimum absolute atomic E-state index is 0. The Kier molecular flexibility index (Phi) is 5.05. The van der Waals surface area contributed by atoms with Crippen LogP contribution in [0.15, 0.2) is 4.99 Å². The van der Waals surface area contributed by atoms with Crippen molar-refractivity contribution >= 4 is 5.71 Å². The van der Waals surface area contributed by atoms with Crippen molar-refractivity contribution in [2.24, 2.45) is 10.9 Å². The van der Waals surface area contributed by atoms with Crippen molar-refractivity contribution in [2.75, 3.05) is 13.3 Å². The topological polar surface area (TPSA) is 35.7 Å². The van der Waals surface area contributed by atoms with E-state index in [2.05, 4.69) is 29.2 Å². The molecule has 0 saturated heterocycles. The SMILES string of the molecule is CC(C)C1=NCO[N-]C1.[Rh+2]. The van der Waals surface area contributed by atoms with Crippen molar-refractivity contribution in [3.8, 4) is 0 Å². The van der Waals surface area contributed by atoms with Gasteiger partial charge in [0.2, 0.25) is 0 Å². The standard InChI is InChI=1S/C6H11N2O.Rh/c1-5(2)6-3-8-9-4-7-6;/h5H,3-4H2,1-2H3;/q-1;+2. The molecule has 0 aliphatic carbocycles. The third-order valence-corrected chi connectivity index (χ3v) is 1.31. The molecule has 0 fully saturated rings. The number of hydrogen-bond acceptors (Lipinski definition) is 2. The van der Waals surface area contributed by atoms with E-state index in [0.717, 1.165) is 5.71 Å². The van der Waals surface area contributed by atoms with E-state index in [1.807, 2.05) is 0 Å². The second-order valence-electron chi connectivity index (χ2n) is 2.35. The van der Waals surface area contributed by atoms with Crippen molar-refractivity contribution < 1.29 is 24.3 Å². The molecule has 0 N–H and O–H groups in total. The number of aliphatic imine (C=N–C) groups is 1. The molecule has 0 amide bonds. The summed E-state index contributed by atoms with van der Waals surface area (Å²) in [6.45, 7) is 5.28. The number of nitrogens with zero attached hydrogens (tertiary/aromatic N) is 2. The fourth-order valence-electron chi connectivity index (χ4n) is 0.680. The molecule has 1 rings (SSSR count). The van der Waals surface area contributed by atoms with Crippen LogP contribution in [0.5, 0.6) is 0 Å². The van der Waals surface area contributed by atoms with E-state index in [4.69, 9.17) is 0 Å².